The first-order chi connectivity index (χ1) is 10.8. The second kappa shape index (κ2) is 7.18. The minimum atomic E-state index is -0.139. The highest BCUT2D eigenvalue weighted by Crippen LogP contribution is 2.23. The summed E-state index contributed by atoms with van der Waals surface area (Å²) in [4.78, 5) is 16.6. The number of hydrogen-bond donors (Lipinski definition) is 1. The number of carbonyl (C=O) groups is 1. The third-order valence-electron chi connectivity index (χ3n) is 4.05. The van der Waals surface area contributed by atoms with E-state index in [-0.39, 0.29) is 17.9 Å². The minimum Gasteiger partial charge on any atom is -0.381 e. The molecular weight excluding hydrogens is 276 g/mol. The Hall–Kier alpha value is -2.20. The lowest BCUT2D eigenvalue weighted by molar-refractivity contribution is -0.128. The maximum absolute atomic E-state index is 12.6. The van der Waals surface area contributed by atoms with Gasteiger partial charge in [-0.05, 0) is 36.1 Å². The van der Waals surface area contributed by atoms with Crippen LogP contribution in [0.5, 0.6) is 0 Å². The van der Waals surface area contributed by atoms with Gasteiger partial charge in [0.25, 0.3) is 0 Å². The van der Waals surface area contributed by atoms with Crippen LogP contribution >= 0.6 is 0 Å². The zero-order valence-corrected chi connectivity index (χ0v) is 12.4. The van der Waals surface area contributed by atoms with Crippen LogP contribution in [0.2, 0.25) is 0 Å². The number of nitrogens with zero attached hydrogens (tertiary/aromatic N) is 1. The molecule has 1 atom stereocenters. The van der Waals surface area contributed by atoms with E-state index < -0.39 is 0 Å². The molecule has 1 aromatic heterocycles. The van der Waals surface area contributed by atoms with E-state index in [2.05, 4.69) is 10.3 Å². The lowest BCUT2D eigenvalue weighted by Crippen LogP contribution is -2.37. The topological polar surface area (TPSA) is 51.2 Å². The molecule has 1 amide bonds. The van der Waals surface area contributed by atoms with Gasteiger partial charge in [0.2, 0.25) is 5.91 Å². The highest BCUT2D eigenvalue weighted by Gasteiger charge is 2.25. The maximum atomic E-state index is 12.6. The van der Waals surface area contributed by atoms with Gasteiger partial charge in [0.1, 0.15) is 0 Å². The van der Waals surface area contributed by atoms with Crippen molar-refractivity contribution in [3.63, 3.8) is 0 Å². The fourth-order valence-corrected chi connectivity index (χ4v) is 2.78. The molecule has 22 heavy (non-hydrogen) atoms. The largest absolute Gasteiger partial charge is 0.381 e. The molecule has 2 aromatic rings. The number of carbonyl (C=O) groups excluding carboxylic acids is 1. The standard InChI is InChI=1S/C18H20N2O2/c21-18(16-8-12-22-13-9-16)20-17(14-4-2-1-3-5-14)15-6-10-19-11-7-15/h1-7,10-11,16-17H,8-9,12-13H2,(H,20,21). The van der Waals surface area contributed by atoms with Gasteiger partial charge in [-0.25, -0.2) is 0 Å². The molecule has 1 fully saturated rings. The zero-order chi connectivity index (χ0) is 15.2. The van der Waals surface area contributed by atoms with E-state index in [0.29, 0.717) is 13.2 Å². The lowest BCUT2D eigenvalue weighted by atomic mass is 9.95. The molecule has 4 nitrogen and oxygen atoms in total. The van der Waals surface area contributed by atoms with Crippen molar-refractivity contribution in [3.05, 3.63) is 66.0 Å². The van der Waals surface area contributed by atoms with Gasteiger partial charge in [-0.3, -0.25) is 9.78 Å². The molecule has 4 heteroatoms. The summed E-state index contributed by atoms with van der Waals surface area (Å²) in [5.41, 5.74) is 2.12. The van der Waals surface area contributed by atoms with Gasteiger partial charge in [0, 0.05) is 31.5 Å². The molecule has 0 bridgehead atoms. The number of hydrogen-bond acceptors (Lipinski definition) is 3. The Morgan fingerprint density at radius 1 is 1.05 bits per heavy atom. The first kappa shape index (κ1) is 14.7. The van der Waals surface area contributed by atoms with Crippen LogP contribution in [-0.4, -0.2) is 24.1 Å². The van der Waals surface area contributed by atoms with E-state index in [9.17, 15) is 4.79 Å². The average molecular weight is 296 g/mol. The Balaban J connectivity index is 1.81. The Labute approximate surface area is 130 Å². The third kappa shape index (κ3) is 3.52. The molecular formula is C18H20N2O2. The SMILES string of the molecule is O=C(NC(c1ccccc1)c1ccncc1)C1CCOCC1. The summed E-state index contributed by atoms with van der Waals surface area (Å²) >= 11 is 0. The Bertz CT molecular complexity index is 555. The number of ether oxygens (including phenoxy) is 1. The fourth-order valence-electron chi connectivity index (χ4n) is 2.78. The van der Waals surface area contributed by atoms with Crippen LogP contribution in [-0.2, 0) is 9.53 Å². The maximum Gasteiger partial charge on any atom is 0.224 e. The summed E-state index contributed by atoms with van der Waals surface area (Å²) in [5.74, 6) is 0.149. The number of rotatable bonds is 4. The molecule has 1 aromatic carbocycles. The smallest absolute Gasteiger partial charge is 0.224 e. The van der Waals surface area contributed by atoms with Crippen molar-refractivity contribution < 1.29 is 9.53 Å². The van der Waals surface area contributed by atoms with Crippen molar-refractivity contribution >= 4 is 5.91 Å². The van der Waals surface area contributed by atoms with Crippen molar-refractivity contribution in [1.82, 2.24) is 10.3 Å². The molecule has 2 heterocycles. The minimum absolute atomic E-state index is 0.0433. The van der Waals surface area contributed by atoms with Crippen LogP contribution in [0.15, 0.2) is 54.9 Å². The average Bonchev–Trinajstić information content (AvgIpc) is 2.62. The quantitative estimate of drug-likeness (QED) is 0.944. The third-order valence-corrected chi connectivity index (χ3v) is 4.05. The number of aromatic nitrogens is 1. The van der Waals surface area contributed by atoms with E-state index in [1.165, 1.54) is 0 Å². The van der Waals surface area contributed by atoms with Crippen LogP contribution in [0, 0.1) is 5.92 Å². The van der Waals surface area contributed by atoms with Crippen LogP contribution in [0.1, 0.15) is 30.0 Å². The number of amides is 1. The van der Waals surface area contributed by atoms with Crippen molar-refractivity contribution in [2.24, 2.45) is 5.92 Å². The van der Waals surface area contributed by atoms with E-state index in [1.54, 1.807) is 12.4 Å². The van der Waals surface area contributed by atoms with E-state index in [1.807, 2.05) is 42.5 Å². The lowest BCUT2D eigenvalue weighted by Gasteiger charge is -2.25. The van der Waals surface area contributed by atoms with Crippen LogP contribution in [0.25, 0.3) is 0 Å². The monoisotopic (exact) mass is 296 g/mol. The second-order valence-corrected chi connectivity index (χ2v) is 5.52. The molecule has 114 valence electrons. The number of nitrogens with one attached hydrogen (secondary N) is 1. The van der Waals surface area contributed by atoms with Gasteiger partial charge in [0.15, 0.2) is 0 Å². The molecule has 1 N–H and O–H groups in total. The van der Waals surface area contributed by atoms with Gasteiger partial charge in [0.05, 0.1) is 6.04 Å². The zero-order valence-electron chi connectivity index (χ0n) is 12.4. The van der Waals surface area contributed by atoms with Crippen molar-refractivity contribution in [3.8, 4) is 0 Å². The van der Waals surface area contributed by atoms with Gasteiger partial charge < -0.3 is 10.1 Å². The van der Waals surface area contributed by atoms with E-state index >= 15 is 0 Å². The highest BCUT2D eigenvalue weighted by molar-refractivity contribution is 5.79. The number of pyridine rings is 1. The van der Waals surface area contributed by atoms with Crippen LogP contribution in [0.4, 0.5) is 0 Å². The van der Waals surface area contributed by atoms with Crippen molar-refractivity contribution in [1.29, 1.82) is 0 Å². The number of benzene rings is 1. The second-order valence-electron chi connectivity index (χ2n) is 5.52. The Morgan fingerprint density at radius 3 is 2.36 bits per heavy atom. The summed E-state index contributed by atoms with van der Waals surface area (Å²) in [6, 6.07) is 13.8. The van der Waals surface area contributed by atoms with Crippen LogP contribution < -0.4 is 5.32 Å². The highest BCUT2D eigenvalue weighted by atomic mass is 16.5. The molecule has 3 rings (SSSR count). The molecule has 0 spiro atoms. The summed E-state index contributed by atoms with van der Waals surface area (Å²) < 4.78 is 5.34. The molecule has 1 saturated heterocycles. The molecule has 0 aliphatic carbocycles. The summed E-state index contributed by atoms with van der Waals surface area (Å²) in [5, 5.41) is 3.20. The molecule has 1 aliphatic rings. The summed E-state index contributed by atoms with van der Waals surface area (Å²) in [6.07, 6.45) is 5.10. The van der Waals surface area contributed by atoms with Gasteiger partial charge in [-0.2, -0.15) is 0 Å². The van der Waals surface area contributed by atoms with E-state index in [4.69, 9.17) is 4.74 Å². The predicted molar refractivity (Wildman–Crippen MR) is 84.2 cm³/mol. The van der Waals surface area contributed by atoms with Gasteiger partial charge >= 0.3 is 0 Å². The van der Waals surface area contributed by atoms with Gasteiger partial charge in [-0.1, -0.05) is 30.3 Å². The first-order valence-electron chi connectivity index (χ1n) is 7.67. The predicted octanol–water partition coefficient (Wildman–Crippen LogP) is 2.71. The Kier molecular flexibility index (Phi) is 4.81. The molecule has 1 unspecified atom stereocenters. The van der Waals surface area contributed by atoms with Crippen LogP contribution in [0.3, 0.4) is 0 Å². The summed E-state index contributed by atoms with van der Waals surface area (Å²) in [6.45, 7) is 1.34. The summed E-state index contributed by atoms with van der Waals surface area (Å²) in [7, 11) is 0. The Morgan fingerprint density at radius 2 is 1.68 bits per heavy atom. The molecule has 1 aliphatic heterocycles. The first-order valence-corrected chi connectivity index (χ1v) is 7.67. The normalized spacial score (nSPS) is 16.9. The van der Waals surface area contributed by atoms with Gasteiger partial charge in [-0.15, -0.1) is 0 Å². The molecule has 0 radical (unpaired) electrons. The fraction of sp³-hybridized carbons (Fsp3) is 0.333. The van der Waals surface area contributed by atoms with E-state index in [0.717, 1.165) is 24.0 Å². The van der Waals surface area contributed by atoms with Crippen molar-refractivity contribution in [2.45, 2.75) is 18.9 Å². The van der Waals surface area contributed by atoms with Crippen molar-refractivity contribution in [2.75, 3.05) is 13.2 Å². The molecule has 0 saturated carbocycles.